The molecule has 1 fully saturated rings. The van der Waals surface area contributed by atoms with Gasteiger partial charge in [-0.2, -0.15) is 0 Å². The number of imidazole rings is 1. The first-order chi connectivity index (χ1) is 9.70. The summed E-state index contributed by atoms with van der Waals surface area (Å²) in [7, 11) is 0. The Balaban J connectivity index is 1.64. The van der Waals surface area contributed by atoms with Crippen LogP contribution in [-0.2, 0) is 0 Å². The smallest absolute Gasteiger partial charge is 0.323 e. The predicted octanol–water partition coefficient (Wildman–Crippen LogP) is 2.19. The Hall–Kier alpha value is -1.75. The van der Waals surface area contributed by atoms with Gasteiger partial charge in [0.15, 0.2) is 0 Å². The van der Waals surface area contributed by atoms with Crippen LogP contribution in [0.25, 0.3) is 11.0 Å². The average molecular weight is 274 g/mol. The van der Waals surface area contributed by atoms with E-state index < -0.39 is 0 Å². The maximum atomic E-state index is 11.2. The third kappa shape index (κ3) is 3.04. The summed E-state index contributed by atoms with van der Waals surface area (Å²) in [6, 6.07) is 6.96. The fourth-order valence-electron chi connectivity index (χ4n) is 3.02. The molecule has 0 amide bonds. The van der Waals surface area contributed by atoms with E-state index in [1.807, 2.05) is 18.2 Å². The Labute approximate surface area is 118 Å². The van der Waals surface area contributed by atoms with Crippen LogP contribution in [0.4, 0.5) is 5.69 Å². The Morgan fingerprint density at radius 3 is 2.95 bits per heavy atom. The molecule has 5 nitrogen and oxygen atoms in total. The van der Waals surface area contributed by atoms with Gasteiger partial charge in [0, 0.05) is 17.8 Å². The number of rotatable bonds is 4. The van der Waals surface area contributed by atoms with Crippen molar-refractivity contribution in [3.05, 3.63) is 28.7 Å². The Morgan fingerprint density at radius 2 is 2.15 bits per heavy atom. The van der Waals surface area contributed by atoms with Crippen molar-refractivity contribution < 1.29 is 0 Å². The number of piperidine rings is 1. The van der Waals surface area contributed by atoms with E-state index in [9.17, 15) is 4.79 Å². The number of hydrogen-bond acceptors (Lipinski definition) is 3. The van der Waals surface area contributed by atoms with Crippen molar-refractivity contribution in [1.29, 1.82) is 0 Å². The van der Waals surface area contributed by atoms with Crippen LogP contribution < -0.4 is 16.3 Å². The first-order valence-corrected chi connectivity index (χ1v) is 7.43. The summed E-state index contributed by atoms with van der Waals surface area (Å²) in [5.41, 5.74) is 2.60. The lowest BCUT2D eigenvalue weighted by molar-refractivity contribution is 0.371. The molecule has 0 aliphatic carbocycles. The van der Waals surface area contributed by atoms with E-state index in [0.717, 1.165) is 29.7 Å². The van der Waals surface area contributed by atoms with Gasteiger partial charge in [0.05, 0.1) is 11.0 Å². The van der Waals surface area contributed by atoms with Crippen LogP contribution in [-0.4, -0.2) is 28.6 Å². The molecule has 20 heavy (non-hydrogen) atoms. The molecule has 0 saturated carbocycles. The highest BCUT2D eigenvalue weighted by atomic mass is 16.1. The van der Waals surface area contributed by atoms with Crippen molar-refractivity contribution in [1.82, 2.24) is 15.3 Å². The van der Waals surface area contributed by atoms with Gasteiger partial charge in [0.25, 0.3) is 0 Å². The molecule has 2 heterocycles. The second-order valence-corrected chi connectivity index (χ2v) is 5.77. The van der Waals surface area contributed by atoms with Crippen molar-refractivity contribution in [3.63, 3.8) is 0 Å². The van der Waals surface area contributed by atoms with Crippen LogP contribution >= 0.6 is 0 Å². The summed E-state index contributed by atoms with van der Waals surface area (Å²) in [5, 5.41) is 7.09. The highest BCUT2D eigenvalue weighted by Crippen LogP contribution is 2.18. The van der Waals surface area contributed by atoms with Gasteiger partial charge < -0.3 is 20.6 Å². The van der Waals surface area contributed by atoms with Gasteiger partial charge >= 0.3 is 5.69 Å². The molecule has 2 atom stereocenters. The monoisotopic (exact) mass is 274 g/mol. The van der Waals surface area contributed by atoms with Crippen LogP contribution in [0.1, 0.15) is 32.6 Å². The number of hydrogen-bond donors (Lipinski definition) is 4. The topological polar surface area (TPSA) is 72.7 Å². The molecule has 0 radical (unpaired) electrons. The zero-order chi connectivity index (χ0) is 13.9. The number of anilines is 1. The van der Waals surface area contributed by atoms with E-state index in [2.05, 4.69) is 27.5 Å². The number of nitrogens with one attached hydrogen (secondary N) is 4. The molecule has 1 saturated heterocycles. The minimum Gasteiger partial charge on any atom is -0.382 e. The third-order valence-electron chi connectivity index (χ3n) is 3.98. The molecule has 4 N–H and O–H groups in total. The van der Waals surface area contributed by atoms with E-state index in [0.29, 0.717) is 12.1 Å². The Morgan fingerprint density at radius 1 is 1.30 bits per heavy atom. The van der Waals surface area contributed by atoms with Gasteiger partial charge in [-0.05, 0) is 50.9 Å². The highest BCUT2D eigenvalue weighted by Gasteiger charge is 2.15. The molecule has 0 bridgehead atoms. The van der Waals surface area contributed by atoms with E-state index in [1.54, 1.807) is 0 Å². The molecule has 108 valence electrons. The highest BCUT2D eigenvalue weighted by molar-refractivity contribution is 5.78. The first kappa shape index (κ1) is 13.2. The second-order valence-electron chi connectivity index (χ2n) is 5.77. The Bertz CT molecular complexity index is 624. The largest absolute Gasteiger partial charge is 0.382 e. The van der Waals surface area contributed by atoms with Crippen molar-refractivity contribution in [3.8, 4) is 0 Å². The molecule has 1 aliphatic rings. The lowest BCUT2D eigenvalue weighted by Gasteiger charge is -2.27. The summed E-state index contributed by atoms with van der Waals surface area (Å²) < 4.78 is 0. The summed E-state index contributed by atoms with van der Waals surface area (Å²) in [6.45, 7) is 3.36. The van der Waals surface area contributed by atoms with Gasteiger partial charge in [-0.3, -0.25) is 0 Å². The van der Waals surface area contributed by atoms with Crippen LogP contribution in [0.5, 0.6) is 0 Å². The number of H-pyrrole nitrogens is 2. The van der Waals surface area contributed by atoms with Crippen molar-refractivity contribution in [2.75, 3.05) is 11.9 Å². The zero-order valence-electron chi connectivity index (χ0n) is 11.8. The summed E-state index contributed by atoms with van der Waals surface area (Å²) >= 11 is 0. The van der Waals surface area contributed by atoms with Crippen LogP contribution in [0, 0.1) is 0 Å². The fourth-order valence-corrected chi connectivity index (χ4v) is 3.02. The van der Waals surface area contributed by atoms with Crippen LogP contribution in [0.2, 0.25) is 0 Å². The van der Waals surface area contributed by atoms with E-state index in [4.69, 9.17) is 0 Å². The Kier molecular flexibility index (Phi) is 3.78. The van der Waals surface area contributed by atoms with E-state index in [1.165, 1.54) is 19.3 Å². The molecule has 1 aliphatic heterocycles. The standard InChI is InChI=1S/C15H22N4O/c1-10(8-11-4-2-3-7-16-11)17-12-5-6-13-14(9-12)19-15(20)18-13/h5-6,9-11,16-17H,2-4,7-8H2,1H3,(H2,18,19,20). The van der Waals surface area contributed by atoms with Gasteiger partial charge in [0.2, 0.25) is 0 Å². The molecule has 3 rings (SSSR count). The molecule has 2 unspecified atom stereocenters. The normalized spacial score (nSPS) is 20.9. The predicted molar refractivity (Wildman–Crippen MR) is 82.3 cm³/mol. The van der Waals surface area contributed by atoms with E-state index >= 15 is 0 Å². The zero-order valence-corrected chi connectivity index (χ0v) is 11.8. The quantitative estimate of drug-likeness (QED) is 0.690. The average Bonchev–Trinajstić information content (AvgIpc) is 2.79. The van der Waals surface area contributed by atoms with Gasteiger partial charge in [-0.15, -0.1) is 0 Å². The van der Waals surface area contributed by atoms with Crippen molar-refractivity contribution in [2.24, 2.45) is 0 Å². The van der Waals surface area contributed by atoms with E-state index in [-0.39, 0.29) is 5.69 Å². The number of aromatic nitrogens is 2. The molecule has 2 aromatic rings. The maximum absolute atomic E-state index is 11.2. The van der Waals surface area contributed by atoms with Crippen molar-refractivity contribution >= 4 is 16.7 Å². The molecule has 1 aromatic heterocycles. The SMILES string of the molecule is CC(CC1CCCCN1)Nc1ccc2[nH]c(=O)[nH]c2c1. The third-order valence-corrected chi connectivity index (χ3v) is 3.98. The lowest BCUT2D eigenvalue weighted by atomic mass is 9.98. The van der Waals surface area contributed by atoms with Gasteiger partial charge in [-0.25, -0.2) is 4.79 Å². The molecular weight excluding hydrogens is 252 g/mol. The minimum absolute atomic E-state index is 0.156. The number of benzene rings is 1. The number of aromatic amines is 2. The van der Waals surface area contributed by atoms with Gasteiger partial charge in [-0.1, -0.05) is 6.42 Å². The number of fused-ring (bicyclic) bond motifs is 1. The molecule has 5 heteroatoms. The molecule has 0 spiro atoms. The summed E-state index contributed by atoms with van der Waals surface area (Å²) in [5.74, 6) is 0. The summed E-state index contributed by atoms with van der Waals surface area (Å²) in [4.78, 5) is 16.8. The molecule has 1 aromatic carbocycles. The second kappa shape index (κ2) is 5.71. The molecular formula is C15H22N4O. The maximum Gasteiger partial charge on any atom is 0.323 e. The van der Waals surface area contributed by atoms with Crippen LogP contribution in [0.15, 0.2) is 23.0 Å². The lowest BCUT2D eigenvalue weighted by Crippen LogP contribution is -2.37. The van der Waals surface area contributed by atoms with Gasteiger partial charge in [0.1, 0.15) is 0 Å². The minimum atomic E-state index is -0.156. The van der Waals surface area contributed by atoms with Crippen molar-refractivity contribution in [2.45, 2.75) is 44.7 Å². The fraction of sp³-hybridized carbons (Fsp3) is 0.533. The van der Waals surface area contributed by atoms with Crippen LogP contribution in [0.3, 0.4) is 0 Å². The first-order valence-electron chi connectivity index (χ1n) is 7.43. The summed E-state index contributed by atoms with van der Waals surface area (Å²) in [6.07, 6.45) is 5.04.